The van der Waals surface area contributed by atoms with Crippen LogP contribution in [0.4, 0.5) is 0 Å². The predicted octanol–water partition coefficient (Wildman–Crippen LogP) is 3.74. The molecule has 0 aliphatic heterocycles. The number of hydrogen-bond donors (Lipinski definition) is 0. The number of hydrogen-bond acceptors (Lipinski definition) is 4. The summed E-state index contributed by atoms with van der Waals surface area (Å²) in [5, 5.41) is 1.28. The second-order valence-corrected chi connectivity index (χ2v) is 6.10. The Labute approximate surface area is 136 Å². The Kier molecular flexibility index (Phi) is 3.10. The molecule has 0 saturated heterocycles. The maximum absolute atomic E-state index is 12.8. The molecule has 0 fully saturated rings. The van der Waals surface area contributed by atoms with E-state index in [1.165, 1.54) is 0 Å². The first-order valence-corrected chi connectivity index (χ1v) is 7.67. The van der Waals surface area contributed by atoms with Gasteiger partial charge in [-0.15, -0.1) is 0 Å². The number of pyridine rings is 1. The molecule has 3 aromatic rings. The number of rotatable bonds is 1. The van der Waals surface area contributed by atoms with Crippen molar-refractivity contribution < 1.29 is 9.21 Å². The predicted molar refractivity (Wildman–Crippen MR) is 89.7 cm³/mol. The smallest absolute Gasteiger partial charge is 0.230 e. The van der Waals surface area contributed by atoms with Crippen LogP contribution in [0.1, 0.15) is 23.2 Å². The maximum atomic E-state index is 12.8. The first-order chi connectivity index (χ1) is 11.1. The molecule has 2 aromatic heterocycles. The van der Waals surface area contributed by atoms with Crippen molar-refractivity contribution in [3.05, 3.63) is 56.9 Å². The standard InChI is InChI=1S/C18H12ClNO3/c1-9-2-5-15-12(6-9)17(22)13-7-11-14(20-18(13)23-15)4-3-10(8-21)16(11)19/h2,5-8H,3-4H2,1H3. The van der Waals surface area contributed by atoms with Gasteiger partial charge in [0.05, 0.1) is 21.5 Å². The van der Waals surface area contributed by atoms with Crippen molar-refractivity contribution >= 4 is 45.0 Å². The van der Waals surface area contributed by atoms with Crippen LogP contribution in [0.3, 0.4) is 0 Å². The summed E-state index contributed by atoms with van der Waals surface area (Å²) in [6.07, 6.45) is 1.91. The second kappa shape index (κ2) is 5.03. The third-order valence-corrected chi connectivity index (χ3v) is 4.64. The van der Waals surface area contributed by atoms with Gasteiger partial charge in [0.15, 0.2) is 0 Å². The monoisotopic (exact) mass is 325 g/mol. The number of carbonyl (C=O) groups is 1. The molecule has 4 rings (SSSR count). The molecule has 1 aromatic carbocycles. The fourth-order valence-corrected chi connectivity index (χ4v) is 3.26. The van der Waals surface area contributed by atoms with Gasteiger partial charge in [-0.3, -0.25) is 9.59 Å². The van der Waals surface area contributed by atoms with Crippen LogP contribution in [0.5, 0.6) is 0 Å². The van der Waals surface area contributed by atoms with E-state index in [4.69, 9.17) is 16.0 Å². The van der Waals surface area contributed by atoms with Crippen molar-refractivity contribution in [3.63, 3.8) is 0 Å². The molecular formula is C18H12ClNO3. The summed E-state index contributed by atoms with van der Waals surface area (Å²) < 4.78 is 5.80. The maximum Gasteiger partial charge on any atom is 0.230 e. The van der Waals surface area contributed by atoms with Crippen LogP contribution in [0.15, 0.2) is 39.1 Å². The number of aldehydes is 1. The molecule has 0 bridgehead atoms. The van der Waals surface area contributed by atoms with Crippen LogP contribution < -0.4 is 5.43 Å². The van der Waals surface area contributed by atoms with Crippen LogP contribution in [0, 0.1) is 6.92 Å². The number of fused-ring (bicyclic) bond motifs is 3. The zero-order valence-corrected chi connectivity index (χ0v) is 13.1. The minimum absolute atomic E-state index is 0.136. The SMILES string of the molecule is Cc1ccc2oc3nc4c(cc3c(=O)c2c1)C(Cl)=C(C=O)CC4. The van der Waals surface area contributed by atoms with E-state index < -0.39 is 0 Å². The first kappa shape index (κ1) is 14.2. The topological polar surface area (TPSA) is 60.2 Å². The van der Waals surface area contributed by atoms with Gasteiger partial charge in [0, 0.05) is 11.1 Å². The van der Waals surface area contributed by atoms with Gasteiger partial charge in [0.2, 0.25) is 11.1 Å². The van der Waals surface area contributed by atoms with E-state index in [0.29, 0.717) is 51.1 Å². The van der Waals surface area contributed by atoms with Crippen molar-refractivity contribution in [2.45, 2.75) is 19.8 Å². The summed E-state index contributed by atoms with van der Waals surface area (Å²) in [5.41, 5.74) is 3.62. The van der Waals surface area contributed by atoms with Crippen LogP contribution in [-0.2, 0) is 11.2 Å². The summed E-state index contributed by atoms with van der Waals surface area (Å²) in [4.78, 5) is 28.3. The molecular weight excluding hydrogens is 314 g/mol. The highest BCUT2D eigenvalue weighted by Crippen LogP contribution is 2.34. The van der Waals surface area contributed by atoms with E-state index in [1.807, 2.05) is 13.0 Å². The molecule has 0 amide bonds. The summed E-state index contributed by atoms with van der Waals surface area (Å²) in [7, 11) is 0. The number of benzene rings is 1. The lowest BCUT2D eigenvalue weighted by Gasteiger charge is -2.16. The number of halogens is 1. The van der Waals surface area contributed by atoms with Crippen molar-refractivity contribution in [1.82, 2.24) is 4.98 Å². The Morgan fingerprint density at radius 2 is 2.04 bits per heavy atom. The van der Waals surface area contributed by atoms with Gasteiger partial charge in [-0.2, -0.15) is 0 Å². The lowest BCUT2D eigenvalue weighted by atomic mass is 9.95. The summed E-state index contributed by atoms with van der Waals surface area (Å²) >= 11 is 6.29. The molecule has 0 unspecified atom stereocenters. The summed E-state index contributed by atoms with van der Waals surface area (Å²) in [6.45, 7) is 1.92. The van der Waals surface area contributed by atoms with Gasteiger partial charge in [-0.25, -0.2) is 4.98 Å². The van der Waals surface area contributed by atoms with Gasteiger partial charge >= 0.3 is 0 Å². The van der Waals surface area contributed by atoms with E-state index in [0.717, 1.165) is 17.5 Å². The van der Waals surface area contributed by atoms with E-state index in [2.05, 4.69) is 4.98 Å². The van der Waals surface area contributed by atoms with Crippen molar-refractivity contribution in [3.8, 4) is 0 Å². The molecule has 0 saturated carbocycles. The molecule has 5 heteroatoms. The molecule has 4 nitrogen and oxygen atoms in total. The molecule has 114 valence electrons. The molecule has 2 heterocycles. The van der Waals surface area contributed by atoms with E-state index in [1.54, 1.807) is 18.2 Å². The fraction of sp³-hybridized carbons (Fsp3) is 0.167. The van der Waals surface area contributed by atoms with E-state index >= 15 is 0 Å². The average molecular weight is 326 g/mol. The van der Waals surface area contributed by atoms with Crippen LogP contribution in [0.25, 0.3) is 27.1 Å². The lowest BCUT2D eigenvalue weighted by molar-refractivity contribution is -0.105. The number of nitrogens with zero attached hydrogens (tertiary/aromatic N) is 1. The molecule has 0 radical (unpaired) electrons. The molecule has 1 aliphatic rings. The Balaban J connectivity index is 2.11. The lowest BCUT2D eigenvalue weighted by Crippen LogP contribution is -2.10. The van der Waals surface area contributed by atoms with Gasteiger partial charge < -0.3 is 4.42 Å². The van der Waals surface area contributed by atoms with Gasteiger partial charge in [0.1, 0.15) is 11.9 Å². The molecule has 1 aliphatic carbocycles. The van der Waals surface area contributed by atoms with Gasteiger partial charge in [-0.1, -0.05) is 23.2 Å². The Morgan fingerprint density at radius 1 is 1.22 bits per heavy atom. The minimum Gasteiger partial charge on any atom is -0.437 e. The minimum atomic E-state index is -0.136. The third-order valence-electron chi connectivity index (χ3n) is 4.19. The molecule has 23 heavy (non-hydrogen) atoms. The van der Waals surface area contributed by atoms with E-state index in [-0.39, 0.29) is 5.43 Å². The number of aromatic nitrogens is 1. The Bertz CT molecular complexity index is 1080. The third kappa shape index (κ3) is 2.10. The summed E-state index contributed by atoms with van der Waals surface area (Å²) in [6, 6.07) is 7.17. The van der Waals surface area contributed by atoms with Gasteiger partial charge in [0.25, 0.3) is 0 Å². The van der Waals surface area contributed by atoms with Crippen LogP contribution >= 0.6 is 11.6 Å². The average Bonchev–Trinajstić information content (AvgIpc) is 2.55. The molecule has 0 N–H and O–H groups in total. The van der Waals surface area contributed by atoms with Crippen LogP contribution in [0.2, 0.25) is 0 Å². The zero-order valence-electron chi connectivity index (χ0n) is 12.4. The van der Waals surface area contributed by atoms with Gasteiger partial charge in [-0.05, 0) is 38.0 Å². The quantitative estimate of drug-likeness (QED) is 0.505. The number of carbonyl (C=O) groups excluding carboxylic acids is 1. The molecule has 0 atom stereocenters. The highest BCUT2D eigenvalue weighted by atomic mass is 35.5. The van der Waals surface area contributed by atoms with E-state index in [9.17, 15) is 9.59 Å². The summed E-state index contributed by atoms with van der Waals surface area (Å²) in [5.74, 6) is 0. The van der Waals surface area contributed by atoms with Crippen LogP contribution in [-0.4, -0.2) is 11.3 Å². The number of aryl methyl sites for hydroxylation is 2. The van der Waals surface area contributed by atoms with Crippen molar-refractivity contribution in [2.24, 2.45) is 0 Å². The Hall–Kier alpha value is -2.46. The second-order valence-electron chi connectivity index (χ2n) is 5.72. The fourth-order valence-electron chi connectivity index (χ4n) is 2.96. The number of allylic oxidation sites excluding steroid dienone is 1. The van der Waals surface area contributed by atoms with Crippen molar-refractivity contribution in [1.29, 1.82) is 0 Å². The normalized spacial score (nSPS) is 14.3. The first-order valence-electron chi connectivity index (χ1n) is 7.30. The highest BCUT2D eigenvalue weighted by Gasteiger charge is 2.21. The zero-order chi connectivity index (χ0) is 16.1. The van der Waals surface area contributed by atoms with Crippen molar-refractivity contribution in [2.75, 3.05) is 0 Å². The molecule has 0 spiro atoms. The highest BCUT2D eigenvalue weighted by molar-refractivity contribution is 6.50. The Morgan fingerprint density at radius 3 is 2.83 bits per heavy atom. The largest absolute Gasteiger partial charge is 0.437 e.